The molecule has 0 aliphatic carbocycles. The van der Waals surface area contributed by atoms with Gasteiger partial charge >= 0.3 is 0 Å². The van der Waals surface area contributed by atoms with E-state index in [9.17, 15) is 4.21 Å². The van der Waals surface area contributed by atoms with E-state index in [4.69, 9.17) is 23.2 Å². The Balaban J connectivity index is 2.48. The van der Waals surface area contributed by atoms with Crippen molar-refractivity contribution in [2.24, 2.45) is 0 Å². The van der Waals surface area contributed by atoms with Gasteiger partial charge in [0.2, 0.25) is 0 Å². The second kappa shape index (κ2) is 6.46. The molecule has 0 bridgehead atoms. The molecule has 110 valence electrons. The highest BCUT2D eigenvalue weighted by Crippen LogP contribution is 2.30. The minimum absolute atomic E-state index is 0.184. The van der Waals surface area contributed by atoms with Crippen LogP contribution in [0.25, 0.3) is 11.0 Å². The number of benzene rings is 1. The van der Waals surface area contributed by atoms with E-state index in [1.54, 1.807) is 6.26 Å². The monoisotopic (exact) mass is 332 g/mol. The molecule has 6 heteroatoms. The maximum absolute atomic E-state index is 11.3. The van der Waals surface area contributed by atoms with E-state index >= 15 is 0 Å². The summed E-state index contributed by atoms with van der Waals surface area (Å²) >= 11 is 12.3. The van der Waals surface area contributed by atoms with Crippen LogP contribution >= 0.6 is 23.2 Å². The zero-order valence-electron chi connectivity index (χ0n) is 11.8. The lowest BCUT2D eigenvalue weighted by molar-refractivity contribution is 0.523. The third-order valence-electron chi connectivity index (χ3n) is 3.30. The van der Waals surface area contributed by atoms with Gasteiger partial charge < -0.3 is 4.57 Å². The third-order valence-corrected chi connectivity index (χ3v) is 4.54. The first-order valence-electron chi connectivity index (χ1n) is 6.51. The summed E-state index contributed by atoms with van der Waals surface area (Å²) in [5.74, 6) is 1.50. The van der Waals surface area contributed by atoms with Crippen molar-refractivity contribution in [3.05, 3.63) is 29.0 Å². The van der Waals surface area contributed by atoms with E-state index in [0.717, 1.165) is 23.3 Å². The molecule has 2 aromatic rings. The minimum Gasteiger partial charge on any atom is -0.324 e. The normalized spacial score (nSPS) is 16.2. The van der Waals surface area contributed by atoms with Crippen LogP contribution in [0.2, 0.25) is 5.02 Å². The van der Waals surface area contributed by atoms with Gasteiger partial charge in [0.15, 0.2) is 0 Å². The molecule has 20 heavy (non-hydrogen) atoms. The van der Waals surface area contributed by atoms with Crippen molar-refractivity contribution in [1.82, 2.24) is 9.55 Å². The van der Waals surface area contributed by atoms with E-state index < -0.39 is 10.8 Å². The third kappa shape index (κ3) is 3.35. The van der Waals surface area contributed by atoms with Gasteiger partial charge in [0.25, 0.3) is 0 Å². The van der Waals surface area contributed by atoms with Crippen molar-refractivity contribution < 1.29 is 4.21 Å². The summed E-state index contributed by atoms with van der Waals surface area (Å²) in [5, 5.41) is 0.481. The number of hydrogen-bond donors (Lipinski definition) is 0. The zero-order valence-corrected chi connectivity index (χ0v) is 14.1. The van der Waals surface area contributed by atoms with Gasteiger partial charge in [-0.3, -0.25) is 4.21 Å². The molecule has 0 radical (unpaired) electrons. The Morgan fingerprint density at radius 3 is 2.70 bits per heavy atom. The smallest absolute Gasteiger partial charge is 0.127 e. The van der Waals surface area contributed by atoms with Gasteiger partial charge in [-0.1, -0.05) is 11.6 Å². The quantitative estimate of drug-likeness (QED) is 0.764. The number of nitrogens with zero attached hydrogens (tertiary/aromatic N) is 2. The lowest BCUT2D eigenvalue weighted by Crippen LogP contribution is -2.12. The predicted molar refractivity (Wildman–Crippen MR) is 87.3 cm³/mol. The van der Waals surface area contributed by atoms with Gasteiger partial charge in [0.05, 0.1) is 16.4 Å². The Morgan fingerprint density at radius 2 is 2.10 bits per heavy atom. The molecular weight excluding hydrogens is 315 g/mol. The number of fused-ring (bicyclic) bond motifs is 1. The van der Waals surface area contributed by atoms with Crippen LogP contribution in [0.15, 0.2) is 18.2 Å². The van der Waals surface area contributed by atoms with Gasteiger partial charge in [-0.05, 0) is 38.5 Å². The first-order chi connectivity index (χ1) is 9.40. The van der Waals surface area contributed by atoms with E-state index in [-0.39, 0.29) is 11.4 Å². The van der Waals surface area contributed by atoms with Gasteiger partial charge in [-0.25, -0.2) is 4.98 Å². The summed E-state index contributed by atoms with van der Waals surface area (Å²) in [5.41, 5.74) is 1.87. The van der Waals surface area contributed by atoms with E-state index in [2.05, 4.69) is 16.5 Å². The molecule has 0 aliphatic rings. The molecule has 3 atom stereocenters. The number of aromatic nitrogens is 2. The summed E-state index contributed by atoms with van der Waals surface area (Å²) in [6.45, 7) is 4.01. The van der Waals surface area contributed by atoms with E-state index in [1.807, 2.05) is 25.1 Å². The van der Waals surface area contributed by atoms with Gasteiger partial charge in [-0.2, -0.15) is 0 Å². The number of rotatable bonds is 5. The molecule has 3 unspecified atom stereocenters. The summed E-state index contributed by atoms with van der Waals surface area (Å²) in [7, 11) is -0.790. The number of alkyl halides is 1. The minimum atomic E-state index is -0.790. The van der Waals surface area contributed by atoms with Crippen LogP contribution in [0.4, 0.5) is 0 Å². The predicted octanol–water partition coefficient (Wildman–Crippen LogP) is 4.32. The van der Waals surface area contributed by atoms with Gasteiger partial charge in [-0.15, -0.1) is 11.6 Å². The lowest BCUT2D eigenvalue weighted by atomic mass is 10.2. The van der Waals surface area contributed by atoms with E-state index in [1.165, 1.54) is 0 Å². The second-order valence-corrected chi connectivity index (χ2v) is 7.65. The molecule has 0 amide bonds. The average Bonchev–Trinajstić information content (AvgIpc) is 2.74. The fraction of sp³-hybridized carbons (Fsp3) is 0.500. The Hall–Kier alpha value is -0.580. The first kappa shape index (κ1) is 15.8. The molecule has 3 nitrogen and oxygen atoms in total. The van der Waals surface area contributed by atoms with Crippen LogP contribution in [0.5, 0.6) is 0 Å². The van der Waals surface area contributed by atoms with Crippen molar-refractivity contribution in [3.8, 4) is 0 Å². The van der Waals surface area contributed by atoms with Gasteiger partial charge in [0, 0.05) is 33.9 Å². The molecule has 1 aromatic carbocycles. The SMILES string of the molecule is CC(Cl)c1nc2cc(Cl)ccc2n1C(C)CCS(C)=O. The fourth-order valence-corrected chi connectivity index (χ4v) is 3.29. The molecule has 0 N–H and O–H groups in total. The number of imidazole rings is 1. The molecule has 0 spiro atoms. The van der Waals surface area contributed by atoms with Crippen molar-refractivity contribution in [2.45, 2.75) is 31.7 Å². The average molecular weight is 333 g/mol. The summed E-state index contributed by atoms with van der Waals surface area (Å²) in [4.78, 5) is 4.59. The van der Waals surface area contributed by atoms with E-state index in [0.29, 0.717) is 10.8 Å². The molecule has 0 fully saturated rings. The largest absolute Gasteiger partial charge is 0.324 e. The number of halogens is 2. The highest BCUT2D eigenvalue weighted by atomic mass is 35.5. The Morgan fingerprint density at radius 1 is 1.40 bits per heavy atom. The lowest BCUT2D eigenvalue weighted by Gasteiger charge is -2.18. The molecule has 0 aliphatic heterocycles. The van der Waals surface area contributed by atoms with Crippen LogP contribution in [0.3, 0.4) is 0 Å². The standard InChI is InChI=1S/C14H18Cl2N2OS/c1-9(6-7-20(3)19)18-13-5-4-11(16)8-12(13)17-14(18)10(2)15/h4-5,8-10H,6-7H2,1-3H3. The Kier molecular flexibility index (Phi) is 5.10. The molecule has 0 saturated heterocycles. The first-order valence-corrected chi connectivity index (χ1v) is 9.05. The van der Waals surface area contributed by atoms with Gasteiger partial charge in [0.1, 0.15) is 5.82 Å². The number of hydrogen-bond acceptors (Lipinski definition) is 2. The van der Waals surface area contributed by atoms with Crippen LogP contribution in [-0.4, -0.2) is 25.8 Å². The fourth-order valence-electron chi connectivity index (χ4n) is 2.30. The zero-order chi connectivity index (χ0) is 14.9. The van der Waals surface area contributed by atoms with Crippen molar-refractivity contribution >= 4 is 45.0 Å². The van der Waals surface area contributed by atoms with Crippen molar-refractivity contribution in [1.29, 1.82) is 0 Å². The highest BCUT2D eigenvalue weighted by Gasteiger charge is 2.19. The molecule has 2 rings (SSSR count). The second-order valence-electron chi connectivity index (χ2n) is 5.00. The topological polar surface area (TPSA) is 34.9 Å². The van der Waals surface area contributed by atoms with Crippen LogP contribution < -0.4 is 0 Å². The highest BCUT2D eigenvalue weighted by molar-refractivity contribution is 7.84. The Labute approximate surface area is 131 Å². The molecule has 1 aromatic heterocycles. The van der Waals surface area contributed by atoms with Crippen LogP contribution in [-0.2, 0) is 10.8 Å². The van der Waals surface area contributed by atoms with Crippen LogP contribution in [0, 0.1) is 0 Å². The Bertz CT molecular complexity index is 639. The van der Waals surface area contributed by atoms with Crippen molar-refractivity contribution in [2.75, 3.05) is 12.0 Å². The summed E-state index contributed by atoms with van der Waals surface area (Å²) in [6, 6.07) is 5.87. The molecule has 1 heterocycles. The van der Waals surface area contributed by atoms with Crippen molar-refractivity contribution in [3.63, 3.8) is 0 Å². The maximum atomic E-state index is 11.3. The summed E-state index contributed by atoms with van der Waals surface area (Å²) < 4.78 is 13.4. The van der Waals surface area contributed by atoms with Crippen LogP contribution in [0.1, 0.15) is 37.5 Å². The molecule has 0 saturated carbocycles. The molecular formula is C14H18Cl2N2OS. The summed E-state index contributed by atoms with van der Waals surface area (Å²) in [6.07, 6.45) is 2.55. The maximum Gasteiger partial charge on any atom is 0.127 e.